The average Bonchev–Trinajstić information content (AvgIpc) is 2.87. The van der Waals surface area contributed by atoms with Crippen LogP contribution in [-0.2, 0) is 13.0 Å². The zero-order valence-electron chi connectivity index (χ0n) is 12.3. The maximum Gasteiger partial charge on any atom is 0.268 e. The molecule has 0 saturated heterocycles. The van der Waals surface area contributed by atoms with Crippen LogP contribution in [0.4, 0.5) is 0 Å². The molecule has 21 heavy (non-hydrogen) atoms. The number of hydrazine groups is 1. The fraction of sp³-hybridized carbons (Fsp3) is 0.312. The van der Waals surface area contributed by atoms with Gasteiger partial charge >= 0.3 is 0 Å². The molecule has 0 saturated carbocycles. The molecule has 0 bridgehead atoms. The monoisotopic (exact) mass is 288 g/mol. The van der Waals surface area contributed by atoms with Crippen molar-refractivity contribution in [2.75, 3.05) is 0 Å². The molecule has 5 heteroatoms. The third-order valence-electron chi connectivity index (χ3n) is 3.19. The third kappa shape index (κ3) is 3.86. The fourth-order valence-electron chi connectivity index (χ4n) is 2.11. The maximum absolute atomic E-state index is 11.5. The Bertz CT molecular complexity index is 602. The van der Waals surface area contributed by atoms with Crippen LogP contribution in [0.2, 0.25) is 0 Å². The van der Waals surface area contributed by atoms with Crippen molar-refractivity contribution in [3.05, 3.63) is 53.0 Å². The highest BCUT2D eigenvalue weighted by Crippen LogP contribution is 2.18. The number of amides is 1. The van der Waals surface area contributed by atoms with Crippen LogP contribution in [0.15, 0.2) is 34.7 Å². The molecule has 112 valence electrons. The highest BCUT2D eigenvalue weighted by Gasteiger charge is 2.14. The van der Waals surface area contributed by atoms with E-state index in [0.29, 0.717) is 17.1 Å². The van der Waals surface area contributed by atoms with E-state index in [-0.39, 0.29) is 12.5 Å². The summed E-state index contributed by atoms with van der Waals surface area (Å²) in [7, 11) is 0. The molecule has 1 aromatic carbocycles. The predicted octanol–water partition coefficient (Wildman–Crippen LogP) is 2.72. The first-order valence-electron chi connectivity index (χ1n) is 6.96. The number of nitrogens with one attached hydrogen (secondary N) is 1. The van der Waals surface area contributed by atoms with E-state index in [1.54, 1.807) is 13.0 Å². The van der Waals surface area contributed by atoms with Crippen molar-refractivity contribution < 1.29 is 13.9 Å². The number of hydrogen-bond donors (Lipinski definition) is 2. The van der Waals surface area contributed by atoms with Crippen LogP contribution in [-0.4, -0.2) is 5.91 Å². The van der Waals surface area contributed by atoms with E-state index in [4.69, 9.17) is 15.0 Å². The van der Waals surface area contributed by atoms with Crippen LogP contribution in [0.1, 0.15) is 40.8 Å². The normalized spacial score (nSPS) is 10.4. The summed E-state index contributed by atoms with van der Waals surface area (Å²) in [5.74, 6) is 6.63. The lowest BCUT2D eigenvalue weighted by Crippen LogP contribution is -2.30. The van der Waals surface area contributed by atoms with Gasteiger partial charge in [-0.25, -0.2) is 5.84 Å². The number of nitrogen functional groups attached to an aromatic ring is 1. The smallest absolute Gasteiger partial charge is 0.268 e. The Hall–Kier alpha value is -2.27. The summed E-state index contributed by atoms with van der Waals surface area (Å²) < 4.78 is 11.1. The number of aryl methyl sites for hydroxylation is 2. The molecule has 0 radical (unpaired) electrons. The van der Waals surface area contributed by atoms with Gasteiger partial charge in [0.15, 0.2) is 0 Å². The molecule has 0 aliphatic heterocycles. The average molecular weight is 288 g/mol. The van der Waals surface area contributed by atoms with E-state index in [1.165, 1.54) is 5.56 Å². The zero-order chi connectivity index (χ0) is 15.2. The minimum atomic E-state index is -0.369. The van der Waals surface area contributed by atoms with Crippen molar-refractivity contribution in [3.8, 4) is 5.75 Å². The summed E-state index contributed by atoms with van der Waals surface area (Å²) in [5, 5.41) is 0. The molecule has 1 amide bonds. The number of benzene rings is 1. The highest BCUT2D eigenvalue weighted by atomic mass is 16.5. The Kier molecular flexibility index (Phi) is 5.00. The summed E-state index contributed by atoms with van der Waals surface area (Å²) >= 11 is 0. The Morgan fingerprint density at radius 3 is 2.67 bits per heavy atom. The second-order valence-electron chi connectivity index (χ2n) is 4.84. The summed E-state index contributed by atoms with van der Waals surface area (Å²) in [5.41, 5.74) is 3.81. The van der Waals surface area contributed by atoms with Gasteiger partial charge in [0.25, 0.3) is 5.91 Å². The van der Waals surface area contributed by atoms with Gasteiger partial charge in [0, 0.05) is 0 Å². The number of rotatable bonds is 6. The number of carbonyl (C=O) groups is 1. The van der Waals surface area contributed by atoms with Gasteiger partial charge in [-0.1, -0.05) is 25.5 Å². The molecule has 0 fully saturated rings. The molecule has 1 heterocycles. The zero-order valence-corrected chi connectivity index (χ0v) is 12.3. The van der Waals surface area contributed by atoms with E-state index in [0.717, 1.165) is 18.6 Å². The lowest BCUT2D eigenvalue weighted by atomic mass is 10.1. The molecular formula is C16H20N2O3. The van der Waals surface area contributed by atoms with E-state index in [9.17, 15) is 4.79 Å². The van der Waals surface area contributed by atoms with Gasteiger partial charge in [-0.2, -0.15) is 0 Å². The Morgan fingerprint density at radius 1 is 1.33 bits per heavy atom. The molecular weight excluding hydrogens is 268 g/mol. The van der Waals surface area contributed by atoms with Crippen LogP contribution in [0.3, 0.4) is 0 Å². The number of hydrogen-bond acceptors (Lipinski definition) is 4. The lowest BCUT2D eigenvalue weighted by Gasteiger charge is -2.05. The van der Waals surface area contributed by atoms with Crippen LogP contribution in [0.5, 0.6) is 5.75 Å². The van der Waals surface area contributed by atoms with Crippen LogP contribution in [0.25, 0.3) is 0 Å². The summed E-state index contributed by atoms with van der Waals surface area (Å²) in [4.78, 5) is 11.5. The molecule has 5 nitrogen and oxygen atoms in total. The Labute approximate surface area is 124 Å². The van der Waals surface area contributed by atoms with Crippen LogP contribution < -0.4 is 16.0 Å². The molecule has 0 unspecified atom stereocenters. The largest absolute Gasteiger partial charge is 0.486 e. The summed E-state index contributed by atoms with van der Waals surface area (Å²) in [6.07, 6.45) is 2.19. The molecule has 0 aliphatic rings. The Morgan fingerprint density at radius 2 is 2.05 bits per heavy atom. The van der Waals surface area contributed by atoms with Crippen molar-refractivity contribution in [2.24, 2.45) is 5.84 Å². The van der Waals surface area contributed by atoms with Crippen LogP contribution >= 0.6 is 0 Å². The first-order chi connectivity index (χ1) is 10.1. The van der Waals surface area contributed by atoms with Crippen molar-refractivity contribution in [1.82, 2.24) is 5.43 Å². The molecule has 1 aromatic heterocycles. The quantitative estimate of drug-likeness (QED) is 0.487. The lowest BCUT2D eigenvalue weighted by molar-refractivity contribution is 0.0952. The third-order valence-corrected chi connectivity index (χ3v) is 3.19. The predicted molar refractivity (Wildman–Crippen MR) is 79.9 cm³/mol. The minimum absolute atomic E-state index is 0.270. The van der Waals surface area contributed by atoms with Gasteiger partial charge in [-0.3, -0.25) is 10.2 Å². The molecule has 0 spiro atoms. The van der Waals surface area contributed by atoms with E-state index in [2.05, 4.69) is 24.5 Å². The van der Waals surface area contributed by atoms with Gasteiger partial charge in [0.05, 0.1) is 5.56 Å². The SMILES string of the molecule is CCCc1ccc(OCc2cc(C(=O)NN)c(C)o2)cc1. The van der Waals surface area contributed by atoms with Crippen LogP contribution in [0, 0.1) is 6.92 Å². The molecule has 3 N–H and O–H groups in total. The van der Waals surface area contributed by atoms with Crippen molar-refractivity contribution in [2.45, 2.75) is 33.3 Å². The second-order valence-corrected chi connectivity index (χ2v) is 4.84. The van der Waals surface area contributed by atoms with E-state index >= 15 is 0 Å². The van der Waals surface area contributed by atoms with E-state index < -0.39 is 0 Å². The van der Waals surface area contributed by atoms with Gasteiger partial charge in [-0.05, 0) is 37.1 Å². The number of carbonyl (C=O) groups excluding carboxylic acids is 1. The maximum atomic E-state index is 11.5. The molecule has 2 aromatic rings. The van der Waals surface area contributed by atoms with Crippen molar-refractivity contribution in [1.29, 1.82) is 0 Å². The number of ether oxygens (including phenoxy) is 1. The first kappa shape index (κ1) is 15.1. The van der Waals surface area contributed by atoms with Crippen molar-refractivity contribution >= 4 is 5.91 Å². The van der Waals surface area contributed by atoms with Gasteiger partial charge in [0.2, 0.25) is 0 Å². The first-order valence-corrected chi connectivity index (χ1v) is 6.96. The summed E-state index contributed by atoms with van der Waals surface area (Å²) in [6.45, 7) is 4.14. The van der Waals surface area contributed by atoms with Gasteiger partial charge in [-0.15, -0.1) is 0 Å². The van der Waals surface area contributed by atoms with E-state index in [1.807, 2.05) is 12.1 Å². The molecule has 2 rings (SSSR count). The molecule has 0 atom stereocenters. The Balaban J connectivity index is 1.98. The van der Waals surface area contributed by atoms with Gasteiger partial charge in [0.1, 0.15) is 23.9 Å². The number of nitrogens with two attached hydrogens (primary N) is 1. The highest BCUT2D eigenvalue weighted by molar-refractivity contribution is 5.94. The number of furan rings is 1. The minimum Gasteiger partial charge on any atom is -0.486 e. The van der Waals surface area contributed by atoms with Crippen molar-refractivity contribution in [3.63, 3.8) is 0 Å². The standard InChI is InChI=1S/C16H20N2O3/c1-3-4-12-5-7-13(8-6-12)20-10-14-9-15(11(2)21-14)16(19)18-17/h5-9H,3-4,10,17H2,1-2H3,(H,18,19). The van der Waals surface area contributed by atoms with Gasteiger partial charge < -0.3 is 9.15 Å². The topological polar surface area (TPSA) is 77.5 Å². The summed E-state index contributed by atoms with van der Waals surface area (Å²) in [6, 6.07) is 9.63. The molecule has 0 aliphatic carbocycles. The second kappa shape index (κ2) is 6.95. The fourth-order valence-corrected chi connectivity index (χ4v) is 2.11.